The maximum atomic E-state index is 14.2. The number of aromatic hydroxyl groups is 1. The number of carbonyl (C=O) groups excluding carboxylic acids is 4. The summed E-state index contributed by atoms with van der Waals surface area (Å²) in [6, 6.07) is 15.6. The number of ether oxygens (including phenoxy) is 1. The molecule has 0 saturated carbocycles. The van der Waals surface area contributed by atoms with Crippen molar-refractivity contribution in [2.24, 2.45) is 17.8 Å². The van der Waals surface area contributed by atoms with Crippen LogP contribution in [0.25, 0.3) is 0 Å². The van der Waals surface area contributed by atoms with E-state index in [4.69, 9.17) is 4.74 Å². The van der Waals surface area contributed by atoms with Crippen LogP contribution in [0.15, 0.2) is 59.5 Å². The first kappa shape index (κ1) is 46.8. The highest BCUT2D eigenvalue weighted by molar-refractivity contribution is 8.00. The smallest absolute Gasteiger partial charge is 0.245 e. The standard InChI is InChI=1S/C44H69N5O6S/c1-11-31(6)42(48(9)44(54)40(29(2)3)46-43(53)41(30(4)5)47(7)8)36(55-10)28-39(52)49-26-16-20-33(49)19-15-21-37(51)45-38(27-32-17-13-12-14-18-32)56-35-24-22-34(50)23-25-35/h12-14,17-18,22-25,29-31,33,36,38,40-42,50H,11,15-16,19-21,26-28H2,1-10H3,(H,45,51)(H,46,53). The molecule has 3 rings (SSSR count). The Balaban J connectivity index is 1.64. The molecule has 0 spiro atoms. The topological polar surface area (TPSA) is 132 Å². The van der Waals surface area contributed by atoms with E-state index < -0.39 is 12.1 Å². The van der Waals surface area contributed by atoms with Gasteiger partial charge in [0.15, 0.2) is 0 Å². The maximum absolute atomic E-state index is 14.2. The molecular weight excluding hydrogens is 727 g/mol. The molecule has 1 heterocycles. The molecule has 7 unspecified atom stereocenters. The Morgan fingerprint density at radius 2 is 1.61 bits per heavy atom. The number of likely N-dealkylation sites (N-methyl/N-ethyl adjacent to an activating group) is 2. The number of nitrogens with one attached hydrogen (secondary N) is 2. The summed E-state index contributed by atoms with van der Waals surface area (Å²) < 4.78 is 6.03. The summed E-state index contributed by atoms with van der Waals surface area (Å²) in [5.41, 5.74) is 1.12. The van der Waals surface area contributed by atoms with Crippen LogP contribution in [0.1, 0.15) is 92.1 Å². The molecule has 0 aromatic heterocycles. The second-order valence-electron chi connectivity index (χ2n) is 16.3. The summed E-state index contributed by atoms with van der Waals surface area (Å²) in [6.45, 7) is 12.7. The normalized spacial score (nSPS) is 17.7. The first-order valence-electron chi connectivity index (χ1n) is 20.4. The van der Waals surface area contributed by atoms with E-state index in [0.29, 0.717) is 25.8 Å². The number of thioether (sulfide) groups is 1. The summed E-state index contributed by atoms with van der Waals surface area (Å²) in [5.74, 6) is -0.274. The molecular formula is C44H69N5O6S. The molecule has 1 aliphatic rings. The number of benzene rings is 2. The Labute approximate surface area is 340 Å². The molecule has 2 aromatic carbocycles. The molecule has 3 N–H and O–H groups in total. The van der Waals surface area contributed by atoms with Crippen LogP contribution in [0.3, 0.4) is 0 Å². The van der Waals surface area contributed by atoms with Gasteiger partial charge in [-0.3, -0.25) is 24.1 Å². The van der Waals surface area contributed by atoms with Gasteiger partial charge in [-0.15, -0.1) is 11.8 Å². The highest BCUT2D eigenvalue weighted by atomic mass is 32.2. The fourth-order valence-corrected chi connectivity index (χ4v) is 9.07. The van der Waals surface area contributed by atoms with Crippen molar-refractivity contribution in [3.05, 3.63) is 60.2 Å². The molecule has 312 valence electrons. The minimum Gasteiger partial charge on any atom is -0.508 e. The van der Waals surface area contributed by atoms with Crippen molar-refractivity contribution in [3.63, 3.8) is 0 Å². The van der Waals surface area contributed by atoms with Crippen molar-refractivity contribution in [1.29, 1.82) is 0 Å². The fraction of sp³-hybridized carbons (Fsp3) is 0.636. The minimum atomic E-state index is -0.728. The van der Waals surface area contributed by atoms with E-state index >= 15 is 0 Å². The molecule has 0 radical (unpaired) electrons. The number of rotatable bonds is 22. The van der Waals surface area contributed by atoms with Crippen molar-refractivity contribution < 1.29 is 29.0 Å². The summed E-state index contributed by atoms with van der Waals surface area (Å²) in [6.07, 6.45) is 4.52. The zero-order valence-electron chi connectivity index (χ0n) is 35.5. The zero-order chi connectivity index (χ0) is 41.5. The lowest BCUT2D eigenvalue weighted by Crippen LogP contribution is -2.59. The van der Waals surface area contributed by atoms with Gasteiger partial charge in [0.05, 0.1) is 30.0 Å². The predicted octanol–water partition coefficient (Wildman–Crippen LogP) is 6.34. The van der Waals surface area contributed by atoms with Gasteiger partial charge < -0.3 is 30.3 Å². The highest BCUT2D eigenvalue weighted by Gasteiger charge is 2.40. The van der Waals surface area contributed by atoms with Gasteiger partial charge in [0.2, 0.25) is 23.6 Å². The highest BCUT2D eigenvalue weighted by Crippen LogP contribution is 2.29. The van der Waals surface area contributed by atoms with E-state index in [1.165, 1.54) is 0 Å². The quantitative estimate of drug-likeness (QED) is 0.0931. The molecule has 7 atom stereocenters. The number of phenolic OH excluding ortho intramolecular Hbond substituents is 1. The second kappa shape index (κ2) is 23.0. The Bertz CT molecular complexity index is 1520. The molecule has 1 aliphatic heterocycles. The first-order valence-corrected chi connectivity index (χ1v) is 21.3. The van der Waals surface area contributed by atoms with Gasteiger partial charge in [-0.2, -0.15) is 0 Å². The van der Waals surface area contributed by atoms with Crippen molar-refractivity contribution in [3.8, 4) is 5.75 Å². The molecule has 0 aliphatic carbocycles. The van der Waals surface area contributed by atoms with E-state index in [1.54, 1.807) is 43.0 Å². The number of nitrogens with zero attached hydrogens (tertiary/aromatic N) is 3. The van der Waals surface area contributed by atoms with Gasteiger partial charge in [0.25, 0.3) is 0 Å². The molecule has 4 amide bonds. The van der Waals surface area contributed by atoms with Gasteiger partial charge in [-0.1, -0.05) is 78.3 Å². The molecule has 11 nitrogen and oxygen atoms in total. The van der Waals surface area contributed by atoms with Crippen LogP contribution in [0.5, 0.6) is 5.75 Å². The van der Waals surface area contributed by atoms with Crippen LogP contribution >= 0.6 is 11.8 Å². The predicted molar refractivity (Wildman–Crippen MR) is 225 cm³/mol. The van der Waals surface area contributed by atoms with E-state index in [1.807, 2.05) is 81.9 Å². The van der Waals surface area contributed by atoms with Crippen LogP contribution in [0.4, 0.5) is 0 Å². The number of likely N-dealkylation sites (tertiary alicyclic amines) is 1. The van der Waals surface area contributed by atoms with E-state index in [0.717, 1.165) is 36.1 Å². The summed E-state index contributed by atoms with van der Waals surface area (Å²) in [7, 11) is 7.10. The molecule has 2 aromatic rings. The van der Waals surface area contributed by atoms with Gasteiger partial charge in [-0.05, 0) is 87.4 Å². The second-order valence-corrected chi connectivity index (χ2v) is 17.6. The van der Waals surface area contributed by atoms with Gasteiger partial charge in [0.1, 0.15) is 11.8 Å². The average Bonchev–Trinajstić information content (AvgIpc) is 3.62. The van der Waals surface area contributed by atoms with E-state index in [2.05, 4.69) is 36.6 Å². The molecule has 56 heavy (non-hydrogen) atoms. The Morgan fingerprint density at radius 1 is 0.946 bits per heavy atom. The van der Waals surface area contributed by atoms with E-state index in [9.17, 15) is 24.3 Å². The van der Waals surface area contributed by atoms with Crippen LogP contribution in [-0.2, 0) is 30.3 Å². The SMILES string of the molecule is CCC(C)C(C(CC(=O)N1CCCC1CCCC(=O)NC(Cc1ccccc1)Sc1ccc(O)cc1)OC)N(C)C(=O)C(NC(=O)C(C(C)C)N(C)C)C(C)C. The van der Waals surface area contributed by atoms with E-state index in [-0.39, 0.29) is 77.1 Å². The van der Waals surface area contributed by atoms with Crippen LogP contribution < -0.4 is 10.6 Å². The number of hydrogen-bond donors (Lipinski definition) is 3. The van der Waals surface area contributed by atoms with Crippen molar-refractivity contribution in [2.45, 2.75) is 133 Å². The van der Waals surface area contributed by atoms with Crippen molar-refractivity contribution in [1.82, 2.24) is 25.3 Å². The molecule has 1 saturated heterocycles. The maximum Gasteiger partial charge on any atom is 0.245 e. The number of amides is 4. The Hall–Kier alpha value is -3.61. The monoisotopic (exact) mass is 795 g/mol. The third kappa shape index (κ3) is 13.8. The molecule has 12 heteroatoms. The Morgan fingerprint density at radius 3 is 2.18 bits per heavy atom. The van der Waals surface area contributed by atoms with Gasteiger partial charge in [0, 0.05) is 44.5 Å². The van der Waals surface area contributed by atoms with Crippen LogP contribution in [-0.4, -0.2) is 114 Å². The number of phenols is 1. The van der Waals surface area contributed by atoms with Crippen LogP contribution in [0, 0.1) is 17.8 Å². The largest absolute Gasteiger partial charge is 0.508 e. The van der Waals surface area contributed by atoms with Gasteiger partial charge in [-0.25, -0.2) is 0 Å². The third-order valence-corrected chi connectivity index (χ3v) is 12.2. The average molecular weight is 796 g/mol. The number of methoxy groups -OCH3 is 1. The number of carbonyl (C=O) groups is 4. The molecule has 0 bridgehead atoms. The lowest BCUT2D eigenvalue weighted by Gasteiger charge is -2.40. The molecule has 1 fully saturated rings. The lowest BCUT2D eigenvalue weighted by molar-refractivity contribution is -0.146. The van der Waals surface area contributed by atoms with Crippen LogP contribution in [0.2, 0.25) is 0 Å². The Kier molecular flexibility index (Phi) is 19.2. The third-order valence-electron chi connectivity index (χ3n) is 11.1. The minimum absolute atomic E-state index is 0.00866. The van der Waals surface area contributed by atoms with Gasteiger partial charge >= 0.3 is 0 Å². The summed E-state index contributed by atoms with van der Waals surface area (Å²) in [5, 5.41) is 15.8. The fourth-order valence-electron chi connectivity index (χ4n) is 7.98. The van der Waals surface area contributed by atoms with Crippen molar-refractivity contribution >= 4 is 35.4 Å². The number of hydrogen-bond acceptors (Lipinski definition) is 8. The summed E-state index contributed by atoms with van der Waals surface area (Å²) >= 11 is 1.56. The van der Waals surface area contributed by atoms with Crippen molar-refractivity contribution in [2.75, 3.05) is 34.8 Å². The lowest BCUT2D eigenvalue weighted by atomic mass is 9.89. The first-order chi connectivity index (χ1) is 26.6. The zero-order valence-corrected chi connectivity index (χ0v) is 36.3. The summed E-state index contributed by atoms with van der Waals surface area (Å²) in [4.78, 5) is 61.4.